The second-order valence-corrected chi connectivity index (χ2v) is 2.45. The number of Topliss-reactive ketones (excluding diaryl/α,β-unsaturated/α-hetero) is 1. The minimum Gasteiger partial charge on any atom is -0.417 e. The van der Waals surface area contributed by atoms with Crippen molar-refractivity contribution in [3.8, 4) is 0 Å². The van der Waals surface area contributed by atoms with Crippen molar-refractivity contribution in [2.24, 2.45) is 5.73 Å². The number of nitrogens with two attached hydrogens (primary N) is 1. The summed E-state index contributed by atoms with van der Waals surface area (Å²) < 4.78 is 4.45. The van der Waals surface area contributed by atoms with Crippen LogP contribution in [-0.2, 0) is 0 Å². The third-order valence-corrected chi connectivity index (χ3v) is 1.42. The van der Waals surface area contributed by atoms with Crippen molar-refractivity contribution >= 4 is 11.7 Å². The zero-order valence-electron chi connectivity index (χ0n) is 6.87. The first-order valence-corrected chi connectivity index (χ1v) is 3.46. The number of rotatable bonds is 2. The molecule has 1 aromatic rings. The first-order valence-electron chi connectivity index (χ1n) is 3.46. The maximum atomic E-state index is 10.8. The molecule has 1 aromatic heterocycles. The Morgan fingerprint density at radius 2 is 2.00 bits per heavy atom. The topological polar surface area (TPSA) is 90.4 Å². The largest absolute Gasteiger partial charge is 0.417 e. The van der Waals surface area contributed by atoms with Gasteiger partial charge in [0.05, 0.1) is 0 Å². The summed E-state index contributed by atoms with van der Waals surface area (Å²) in [6.07, 6.45) is 0. The lowest BCUT2D eigenvalue weighted by Gasteiger charge is -1.96. The maximum absolute atomic E-state index is 10.8. The molecule has 1 heterocycles. The molecule has 0 aliphatic carbocycles. The molecular weight excluding hydrogens is 174 g/mol. The van der Waals surface area contributed by atoms with E-state index in [1.54, 1.807) is 0 Å². The molecule has 0 aliphatic heterocycles. The highest BCUT2D eigenvalue weighted by Gasteiger charge is 2.08. The van der Waals surface area contributed by atoms with Gasteiger partial charge in [-0.3, -0.25) is 9.59 Å². The maximum Gasteiger partial charge on any atom is 0.337 e. The third kappa shape index (κ3) is 2.02. The van der Waals surface area contributed by atoms with E-state index in [2.05, 4.69) is 4.42 Å². The fourth-order valence-electron chi connectivity index (χ4n) is 0.802. The van der Waals surface area contributed by atoms with E-state index in [-0.39, 0.29) is 17.1 Å². The fraction of sp³-hybridized carbons (Fsp3) is 0.125. The van der Waals surface area contributed by atoms with Crippen molar-refractivity contribution < 1.29 is 14.0 Å². The van der Waals surface area contributed by atoms with E-state index in [0.29, 0.717) is 0 Å². The zero-order valence-corrected chi connectivity index (χ0v) is 6.87. The smallest absolute Gasteiger partial charge is 0.337 e. The van der Waals surface area contributed by atoms with Crippen LogP contribution in [0.3, 0.4) is 0 Å². The number of carbonyl (C=O) groups is 2. The molecular formula is C8H7NO4. The van der Waals surface area contributed by atoms with Crippen LogP contribution in [0.1, 0.15) is 27.8 Å². The van der Waals surface area contributed by atoms with E-state index >= 15 is 0 Å². The number of hydrogen-bond acceptors (Lipinski definition) is 4. The lowest BCUT2D eigenvalue weighted by molar-refractivity contribution is 0.0969. The van der Waals surface area contributed by atoms with Gasteiger partial charge in [-0.2, -0.15) is 0 Å². The summed E-state index contributed by atoms with van der Waals surface area (Å²) >= 11 is 0. The van der Waals surface area contributed by atoms with Gasteiger partial charge in [0, 0.05) is 11.6 Å². The van der Waals surface area contributed by atoms with Crippen LogP contribution in [0.4, 0.5) is 0 Å². The van der Waals surface area contributed by atoms with Crippen LogP contribution in [0.25, 0.3) is 0 Å². The zero-order chi connectivity index (χ0) is 10.0. The Bertz CT molecular complexity index is 383. The molecule has 0 aromatic carbocycles. The fourth-order valence-corrected chi connectivity index (χ4v) is 0.802. The minimum absolute atomic E-state index is 0.116. The van der Waals surface area contributed by atoms with Crippen molar-refractivity contribution in [1.29, 1.82) is 0 Å². The Balaban J connectivity index is 3.35. The summed E-state index contributed by atoms with van der Waals surface area (Å²) in [6.45, 7) is 1.28. The van der Waals surface area contributed by atoms with Gasteiger partial charge in [0.15, 0.2) is 11.5 Å². The average Bonchev–Trinajstić information content (AvgIpc) is 2.03. The van der Waals surface area contributed by atoms with Crippen molar-refractivity contribution in [3.05, 3.63) is 33.9 Å². The van der Waals surface area contributed by atoms with Gasteiger partial charge in [-0.15, -0.1) is 0 Å². The van der Waals surface area contributed by atoms with Crippen LogP contribution < -0.4 is 11.4 Å². The van der Waals surface area contributed by atoms with E-state index in [4.69, 9.17) is 5.73 Å². The molecule has 68 valence electrons. The number of primary amides is 1. The first kappa shape index (κ1) is 9.18. The molecule has 0 spiro atoms. The predicted octanol–water partition coefficient (Wildman–Crippen LogP) is -0.0587. The number of hydrogen-bond donors (Lipinski definition) is 1. The molecule has 0 atom stereocenters. The van der Waals surface area contributed by atoms with Crippen LogP contribution in [0, 0.1) is 0 Å². The number of ketones is 1. The van der Waals surface area contributed by atoms with Crippen molar-refractivity contribution in [2.45, 2.75) is 6.92 Å². The Kier molecular flexibility index (Phi) is 2.27. The molecule has 2 N–H and O–H groups in total. The van der Waals surface area contributed by atoms with E-state index in [1.807, 2.05) is 0 Å². The molecule has 0 fully saturated rings. The summed E-state index contributed by atoms with van der Waals surface area (Å²) in [5.74, 6) is -1.51. The van der Waals surface area contributed by atoms with Gasteiger partial charge in [-0.05, 0) is 13.0 Å². The molecule has 0 saturated heterocycles. The molecule has 5 heteroatoms. The normalized spacial score (nSPS) is 9.62. The van der Waals surface area contributed by atoms with Gasteiger partial charge >= 0.3 is 5.63 Å². The molecule has 1 rings (SSSR count). The van der Waals surface area contributed by atoms with E-state index in [0.717, 1.165) is 12.1 Å². The SMILES string of the molecule is CC(=O)c1cc(C(N)=O)oc(=O)c1. The van der Waals surface area contributed by atoms with Gasteiger partial charge in [-0.1, -0.05) is 0 Å². The van der Waals surface area contributed by atoms with Gasteiger partial charge in [0.25, 0.3) is 5.91 Å². The van der Waals surface area contributed by atoms with Gasteiger partial charge in [0.2, 0.25) is 0 Å². The highest BCUT2D eigenvalue weighted by molar-refractivity contribution is 5.97. The van der Waals surface area contributed by atoms with E-state index < -0.39 is 11.5 Å². The van der Waals surface area contributed by atoms with Crippen LogP contribution in [-0.4, -0.2) is 11.7 Å². The number of carbonyl (C=O) groups excluding carboxylic acids is 2. The second kappa shape index (κ2) is 3.22. The van der Waals surface area contributed by atoms with Crippen molar-refractivity contribution in [2.75, 3.05) is 0 Å². The summed E-state index contributed by atoms with van der Waals surface area (Å²) in [4.78, 5) is 32.2. The molecule has 1 amide bonds. The van der Waals surface area contributed by atoms with Crippen LogP contribution in [0.15, 0.2) is 21.3 Å². The minimum atomic E-state index is -0.875. The molecule has 5 nitrogen and oxygen atoms in total. The van der Waals surface area contributed by atoms with Crippen LogP contribution >= 0.6 is 0 Å². The van der Waals surface area contributed by atoms with Crippen LogP contribution in [0.5, 0.6) is 0 Å². The lowest BCUT2D eigenvalue weighted by atomic mass is 10.2. The Morgan fingerprint density at radius 1 is 1.38 bits per heavy atom. The average molecular weight is 181 g/mol. The highest BCUT2D eigenvalue weighted by atomic mass is 16.4. The van der Waals surface area contributed by atoms with Gasteiger partial charge in [0.1, 0.15) is 0 Å². The summed E-state index contributed by atoms with van der Waals surface area (Å²) in [7, 11) is 0. The molecule has 0 bridgehead atoms. The van der Waals surface area contributed by atoms with Crippen LogP contribution in [0.2, 0.25) is 0 Å². The Morgan fingerprint density at radius 3 is 2.46 bits per heavy atom. The monoisotopic (exact) mass is 181 g/mol. The van der Waals surface area contributed by atoms with E-state index in [9.17, 15) is 14.4 Å². The van der Waals surface area contributed by atoms with Gasteiger partial charge < -0.3 is 10.2 Å². The standard InChI is InChI=1S/C8H7NO4/c1-4(10)5-2-6(8(9)12)13-7(11)3-5/h2-3H,1H3,(H2,9,12). The molecule has 0 aliphatic rings. The second-order valence-electron chi connectivity index (χ2n) is 2.45. The summed E-state index contributed by atoms with van der Waals surface area (Å²) in [6, 6.07) is 2.15. The quantitative estimate of drug-likeness (QED) is 0.647. The van der Waals surface area contributed by atoms with Crippen molar-refractivity contribution in [1.82, 2.24) is 0 Å². The molecule has 0 unspecified atom stereocenters. The predicted molar refractivity (Wildman–Crippen MR) is 43.5 cm³/mol. The third-order valence-electron chi connectivity index (χ3n) is 1.42. The molecule has 0 radical (unpaired) electrons. The Hall–Kier alpha value is -1.91. The summed E-state index contributed by atoms with van der Waals surface area (Å²) in [5, 5.41) is 0. The number of amides is 1. The van der Waals surface area contributed by atoms with E-state index in [1.165, 1.54) is 6.92 Å². The first-order chi connectivity index (χ1) is 6.00. The van der Waals surface area contributed by atoms with Gasteiger partial charge in [-0.25, -0.2) is 4.79 Å². The summed E-state index contributed by atoms with van der Waals surface area (Å²) in [5.41, 5.74) is 4.22. The lowest BCUT2D eigenvalue weighted by Crippen LogP contribution is -2.15. The Labute approximate surface area is 73.2 Å². The van der Waals surface area contributed by atoms with Crippen molar-refractivity contribution in [3.63, 3.8) is 0 Å². The molecule has 0 saturated carbocycles. The molecule has 13 heavy (non-hydrogen) atoms. The highest BCUT2D eigenvalue weighted by Crippen LogP contribution is 2.01.